The summed E-state index contributed by atoms with van der Waals surface area (Å²) in [6.45, 7) is 3.97. The van der Waals surface area contributed by atoms with Gasteiger partial charge in [-0.05, 0) is 37.1 Å². The average Bonchev–Trinajstić information content (AvgIpc) is 2.98. The van der Waals surface area contributed by atoms with E-state index in [9.17, 15) is 14.3 Å². The van der Waals surface area contributed by atoms with E-state index < -0.39 is 12.1 Å². The first-order valence-corrected chi connectivity index (χ1v) is 7.09. The normalized spacial score (nSPS) is 18.1. The molecular formula is C15H21FN2O2. The Labute approximate surface area is 118 Å². The molecule has 0 bridgehead atoms. The van der Waals surface area contributed by atoms with E-state index in [0.717, 1.165) is 25.9 Å². The number of rotatable bonds is 5. The molecule has 1 aliphatic rings. The number of nitrogens with one attached hydrogen (secondary N) is 1. The number of aliphatic hydroxyl groups is 1. The third kappa shape index (κ3) is 3.35. The highest BCUT2D eigenvalue weighted by atomic mass is 19.1. The van der Waals surface area contributed by atoms with Crippen molar-refractivity contribution in [2.45, 2.75) is 31.9 Å². The lowest BCUT2D eigenvalue weighted by molar-refractivity contribution is -0.135. The zero-order chi connectivity index (χ0) is 14.5. The van der Waals surface area contributed by atoms with Crippen LogP contribution >= 0.6 is 0 Å². The molecule has 1 amide bonds. The first-order valence-electron chi connectivity index (χ1n) is 7.09. The Kier molecular flexibility index (Phi) is 5.09. The third-order valence-electron chi connectivity index (χ3n) is 3.64. The molecule has 0 radical (unpaired) electrons. The van der Waals surface area contributed by atoms with E-state index in [2.05, 4.69) is 5.32 Å². The standard InChI is InChI=1S/C15H21FN2O2/c1-2-17-13(15(20)18-9-3-4-10-18)14(19)11-5-7-12(16)8-6-11/h5-8,13-14,17,19H,2-4,9-10H2,1H3. The van der Waals surface area contributed by atoms with Gasteiger partial charge in [-0.1, -0.05) is 19.1 Å². The zero-order valence-electron chi connectivity index (χ0n) is 11.7. The quantitative estimate of drug-likeness (QED) is 0.858. The van der Waals surface area contributed by atoms with Crippen molar-refractivity contribution in [3.8, 4) is 0 Å². The molecule has 0 aromatic heterocycles. The van der Waals surface area contributed by atoms with Crippen molar-refractivity contribution in [1.82, 2.24) is 10.2 Å². The second-order valence-electron chi connectivity index (χ2n) is 5.06. The molecule has 110 valence electrons. The highest BCUT2D eigenvalue weighted by Gasteiger charge is 2.32. The summed E-state index contributed by atoms with van der Waals surface area (Å²) in [6.07, 6.45) is 1.05. The number of carbonyl (C=O) groups excluding carboxylic acids is 1. The number of likely N-dealkylation sites (tertiary alicyclic amines) is 1. The lowest BCUT2D eigenvalue weighted by Gasteiger charge is -2.27. The van der Waals surface area contributed by atoms with Gasteiger partial charge in [-0.3, -0.25) is 4.79 Å². The summed E-state index contributed by atoms with van der Waals surface area (Å²) < 4.78 is 12.9. The Morgan fingerprint density at radius 2 is 1.95 bits per heavy atom. The predicted octanol–water partition coefficient (Wildman–Crippen LogP) is 1.46. The fourth-order valence-corrected chi connectivity index (χ4v) is 2.54. The van der Waals surface area contributed by atoms with Crippen molar-refractivity contribution in [3.63, 3.8) is 0 Å². The van der Waals surface area contributed by atoms with Crippen LogP contribution in [0.2, 0.25) is 0 Å². The number of likely N-dealkylation sites (N-methyl/N-ethyl adjacent to an activating group) is 1. The summed E-state index contributed by atoms with van der Waals surface area (Å²) in [6, 6.07) is 4.94. The van der Waals surface area contributed by atoms with Crippen LogP contribution in [-0.2, 0) is 4.79 Å². The summed E-state index contributed by atoms with van der Waals surface area (Å²) in [5.41, 5.74) is 0.546. The van der Waals surface area contributed by atoms with E-state index in [4.69, 9.17) is 0 Å². The number of hydrogen-bond acceptors (Lipinski definition) is 3. The fraction of sp³-hybridized carbons (Fsp3) is 0.533. The molecule has 2 N–H and O–H groups in total. The average molecular weight is 280 g/mol. The molecule has 1 fully saturated rings. The summed E-state index contributed by atoms with van der Waals surface area (Å²) in [5.74, 6) is -0.437. The first kappa shape index (κ1) is 14.9. The van der Waals surface area contributed by atoms with Gasteiger partial charge in [-0.15, -0.1) is 0 Å². The molecule has 0 spiro atoms. The molecule has 4 nitrogen and oxygen atoms in total. The lowest BCUT2D eigenvalue weighted by atomic mass is 10.0. The van der Waals surface area contributed by atoms with Gasteiger partial charge in [0.05, 0.1) is 0 Å². The maximum absolute atomic E-state index is 12.9. The molecular weight excluding hydrogens is 259 g/mol. The highest BCUT2D eigenvalue weighted by molar-refractivity contribution is 5.83. The van der Waals surface area contributed by atoms with Gasteiger partial charge in [0.25, 0.3) is 0 Å². The minimum atomic E-state index is -0.969. The van der Waals surface area contributed by atoms with Crippen molar-refractivity contribution in [1.29, 1.82) is 0 Å². The number of aliphatic hydroxyl groups excluding tert-OH is 1. The Bertz CT molecular complexity index is 444. The second kappa shape index (κ2) is 6.81. The molecule has 2 unspecified atom stereocenters. The van der Waals surface area contributed by atoms with Crippen molar-refractivity contribution >= 4 is 5.91 Å². The van der Waals surface area contributed by atoms with Gasteiger partial charge in [0.2, 0.25) is 5.91 Å². The van der Waals surface area contributed by atoms with E-state index in [1.165, 1.54) is 24.3 Å². The van der Waals surface area contributed by atoms with Crippen LogP contribution in [0.25, 0.3) is 0 Å². The Balaban J connectivity index is 2.14. The first-order chi connectivity index (χ1) is 9.63. The monoisotopic (exact) mass is 280 g/mol. The highest BCUT2D eigenvalue weighted by Crippen LogP contribution is 2.20. The SMILES string of the molecule is CCNC(C(=O)N1CCCC1)C(O)c1ccc(F)cc1. The number of nitrogens with zero attached hydrogens (tertiary/aromatic N) is 1. The fourth-order valence-electron chi connectivity index (χ4n) is 2.54. The smallest absolute Gasteiger partial charge is 0.242 e. The largest absolute Gasteiger partial charge is 0.386 e. The van der Waals surface area contributed by atoms with Crippen molar-refractivity contribution in [3.05, 3.63) is 35.6 Å². The van der Waals surface area contributed by atoms with Crippen LogP contribution in [-0.4, -0.2) is 41.6 Å². The maximum atomic E-state index is 12.9. The van der Waals surface area contributed by atoms with Gasteiger partial charge in [-0.25, -0.2) is 4.39 Å². The Hall–Kier alpha value is -1.46. The minimum Gasteiger partial charge on any atom is -0.386 e. The summed E-state index contributed by atoms with van der Waals surface area (Å²) in [7, 11) is 0. The lowest BCUT2D eigenvalue weighted by Crippen LogP contribution is -2.48. The van der Waals surface area contributed by atoms with E-state index in [1.807, 2.05) is 6.92 Å². The van der Waals surface area contributed by atoms with Crippen LogP contribution in [0.3, 0.4) is 0 Å². The molecule has 1 aromatic carbocycles. The van der Waals surface area contributed by atoms with Crippen LogP contribution in [0.1, 0.15) is 31.4 Å². The van der Waals surface area contributed by atoms with E-state index in [1.54, 1.807) is 4.90 Å². The van der Waals surface area contributed by atoms with Gasteiger partial charge in [0, 0.05) is 13.1 Å². The minimum absolute atomic E-state index is 0.0822. The number of halogens is 1. The molecule has 1 heterocycles. The molecule has 1 saturated heterocycles. The molecule has 20 heavy (non-hydrogen) atoms. The van der Waals surface area contributed by atoms with Crippen LogP contribution in [0, 0.1) is 5.82 Å². The summed E-state index contributed by atoms with van der Waals surface area (Å²) in [4.78, 5) is 14.2. The molecule has 2 rings (SSSR count). The van der Waals surface area contributed by atoms with E-state index in [-0.39, 0.29) is 11.7 Å². The van der Waals surface area contributed by atoms with Gasteiger partial charge in [-0.2, -0.15) is 0 Å². The number of hydrogen-bond donors (Lipinski definition) is 2. The van der Waals surface area contributed by atoms with Crippen LogP contribution in [0.4, 0.5) is 4.39 Å². The molecule has 0 aliphatic carbocycles. The topological polar surface area (TPSA) is 52.6 Å². The maximum Gasteiger partial charge on any atom is 0.242 e. The second-order valence-corrected chi connectivity index (χ2v) is 5.06. The van der Waals surface area contributed by atoms with Crippen LogP contribution in [0.5, 0.6) is 0 Å². The molecule has 1 aliphatic heterocycles. The Morgan fingerprint density at radius 3 is 2.50 bits per heavy atom. The van der Waals surface area contributed by atoms with Crippen molar-refractivity contribution in [2.24, 2.45) is 0 Å². The summed E-state index contributed by atoms with van der Waals surface area (Å²) in [5, 5.41) is 13.4. The zero-order valence-corrected chi connectivity index (χ0v) is 11.7. The van der Waals surface area contributed by atoms with Gasteiger partial charge in [0.15, 0.2) is 0 Å². The molecule has 5 heteroatoms. The Morgan fingerprint density at radius 1 is 1.35 bits per heavy atom. The predicted molar refractivity (Wildman–Crippen MR) is 74.6 cm³/mol. The number of carbonyl (C=O) groups is 1. The van der Waals surface area contributed by atoms with Gasteiger partial charge < -0.3 is 15.3 Å². The van der Waals surface area contributed by atoms with Crippen molar-refractivity contribution in [2.75, 3.05) is 19.6 Å². The van der Waals surface area contributed by atoms with Crippen LogP contribution < -0.4 is 5.32 Å². The van der Waals surface area contributed by atoms with E-state index in [0.29, 0.717) is 12.1 Å². The number of benzene rings is 1. The molecule has 1 aromatic rings. The van der Waals surface area contributed by atoms with Crippen molar-refractivity contribution < 1.29 is 14.3 Å². The van der Waals surface area contributed by atoms with Gasteiger partial charge in [0.1, 0.15) is 18.0 Å². The molecule has 0 saturated carbocycles. The molecule has 2 atom stereocenters. The number of amides is 1. The van der Waals surface area contributed by atoms with Gasteiger partial charge >= 0.3 is 0 Å². The van der Waals surface area contributed by atoms with E-state index >= 15 is 0 Å². The third-order valence-corrected chi connectivity index (χ3v) is 3.64. The van der Waals surface area contributed by atoms with Crippen LogP contribution in [0.15, 0.2) is 24.3 Å². The summed E-state index contributed by atoms with van der Waals surface area (Å²) >= 11 is 0.